The zero-order valence-corrected chi connectivity index (χ0v) is 15.2. The number of carbonyl (C=O) groups is 2. The SMILES string of the molecule is O=C(O)C1=C(NC(=O)c2ccc(-c3ccc4c(c3)OCCO4)s2)C=CCC1. The number of ether oxygens (including phenoxy) is 2. The Hall–Kier alpha value is -3.06. The fraction of sp³-hybridized carbons (Fsp3) is 0.200. The maximum atomic E-state index is 12.6. The third-order valence-corrected chi connectivity index (χ3v) is 5.47. The normalized spacial score (nSPS) is 15.6. The van der Waals surface area contributed by atoms with Gasteiger partial charge in [-0.25, -0.2) is 4.79 Å². The molecule has 0 fully saturated rings. The minimum absolute atomic E-state index is 0.231. The predicted octanol–water partition coefficient (Wildman–Crippen LogP) is 3.60. The van der Waals surface area contributed by atoms with Crippen molar-refractivity contribution in [3.05, 3.63) is 58.6 Å². The summed E-state index contributed by atoms with van der Waals surface area (Å²) < 4.78 is 11.1. The molecule has 0 radical (unpaired) electrons. The molecule has 4 rings (SSSR count). The van der Waals surface area contributed by atoms with Crippen molar-refractivity contribution < 1.29 is 24.2 Å². The maximum absolute atomic E-state index is 12.6. The first-order valence-electron chi connectivity index (χ1n) is 8.56. The minimum atomic E-state index is -1.00. The van der Waals surface area contributed by atoms with Gasteiger partial charge in [-0.15, -0.1) is 11.3 Å². The van der Waals surface area contributed by atoms with Crippen LogP contribution in [0.15, 0.2) is 53.8 Å². The van der Waals surface area contributed by atoms with Crippen LogP contribution in [0.2, 0.25) is 0 Å². The zero-order valence-electron chi connectivity index (χ0n) is 14.4. The Kier molecular flexibility index (Phi) is 4.68. The number of carbonyl (C=O) groups excluding carboxylic acids is 1. The van der Waals surface area contributed by atoms with E-state index in [0.717, 1.165) is 16.2 Å². The molecule has 1 aliphatic heterocycles. The number of rotatable bonds is 4. The summed E-state index contributed by atoms with van der Waals surface area (Å²) in [5.41, 5.74) is 1.52. The number of hydrogen-bond acceptors (Lipinski definition) is 5. The highest BCUT2D eigenvalue weighted by atomic mass is 32.1. The number of nitrogens with one attached hydrogen (secondary N) is 1. The van der Waals surface area contributed by atoms with Crippen molar-refractivity contribution in [1.82, 2.24) is 5.32 Å². The van der Waals surface area contributed by atoms with Crippen LogP contribution in [0.5, 0.6) is 11.5 Å². The van der Waals surface area contributed by atoms with Crippen LogP contribution in [0.3, 0.4) is 0 Å². The molecule has 1 amide bonds. The summed E-state index contributed by atoms with van der Waals surface area (Å²) in [5, 5.41) is 12.0. The van der Waals surface area contributed by atoms with Crippen LogP contribution in [0.25, 0.3) is 10.4 Å². The van der Waals surface area contributed by atoms with Crippen molar-refractivity contribution in [3.8, 4) is 21.9 Å². The van der Waals surface area contributed by atoms with Crippen LogP contribution in [0, 0.1) is 0 Å². The lowest BCUT2D eigenvalue weighted by Gasteiger charge is -2.18. The Morgan fingerprint density at radius 2 is 1.89 bits per heavy atom. The summed E-state index contributed by atoms with van der Waals surface area (Å²) in [6.07, 6.45) is 4.58. The Balaban J connectivity index is 1.55. The standard InChI is InChI=1S/C20H17NO5S/c22-19(21-14-4-2-1-3-13(14)20(23)24)18-8-7-17(27-18)12-5-6-15-16(11-12)26-10-9-25-15/h2,4-8,11H,1,3,9-10H2,(H,21,22)(H,23,24). The van der Waals surface area contributed by atoms with Gasteiger partial charge < -0.3 is 19.9 Å². The van der Waals surface area contributed by atoms with Gasteiger partial charge in [0.05, 0.1) is 16.1 Å². The van der Waals surface area contributed by atoms with Crippen LogP contribution in [-0.2, 0) is 4.79 Å². The Bertz CT molecular complexity index is 973. The molecular formula is C20H17NO5S. The van der Waals surface area contributed by atoms with Crippen LogP contribution < -0.4 is 14.8 Å². The Labute approximate surface area is 159 Å². The van der Waals surface area contributed by atoms with E-state index >= 15 is 0 Å². The average Bonchev–Trinajstić information content (AvgIpc) is 3.18. The van der Waals surface area contributed by atoms with E-state index in [2.05, 4.69) is 5.32 Å². The molecule has 2 heterocycles. The fourth-order valence-electron chi connectivity index (χ4n) is 3.00. The smallest absolute Gasteiger partial charge is 0.333 e. The van der Waals surface area contributed by atoms with Gasteiger partial charge in [0.2, 0.25) is 0 Å². The summed E-state index contributed by atoms with van der Waals surface area (Å²) in [7, 11) is 0. The molecule has 0 atom stereocenters. The second-order valence-corrected chi connectivity index (χ2v) is 7.20. The monoisotopic (exact) mass is 383 g/mol. The molecular weight excluding hydrogens is 366 g/mol. The molecule has 6 nitrogen and oxygen atoms in total. The molecule has 0 saturated carbocycles. The molecule has 1 aromatic heterocycles. The largest absolute Gasteiger partial charge is 0.486 e. The predicted molar refractivity (Wildman–Crippen MR) is 101 cm³/mol. The number of aliphatic carboxylic acids is 1. The minimum Gasteiger partial charge on any atom is -0.486 e. The number of benzene rings is 1. The van der Waals surface area contributed by atoms with Gasteiger partial charge in [0.25, 0.3) is 5.91 Å². The van der Waals surface area contributed by atoms with E-state index in [0.29, 0.717) is 42.4 Å². The van der Waals surface area contributed by atoms with E-state index in [-0.39, 0.29) is 11.5 Å². The summed E-state index contributed by atoms with van der Waals surface area (Å²) >= 11 is 1.34. The van der Waals surface area contributed by atoms with E-state index in [1.807, 2.05) is 30.3 Å². The molecule has 0 unspecified atom stereocenters. The van der Waals surface area contributed by atoms with Crippen molar-refractivity contribution in [1.29, 1.82) is 0 Å². The molecule has 2 aromatic rings. The second kappa shape index (κ2) is 7.28. The first-order valence-corrected chi connectivity index (χ1v) is 9.37. The molecule has 0 saturated heterocycles. The quantitative estimate of drug-likeness (QED) is 0.843. The van der Waals surface area contributed by atoms with E-state index < -0.39 is 5.97 Å². The van der Waals surface area contributed by atoms with Gasteiger partial charge in [-0.1, -0.05) is 6.08 Å². The summed E-state index contributed by atoms with van der Waals surface area (Å²) in [5.74, 6) is 0.0976. The first-order chi connectivity index (χ1) is 13.1. The van der Waals surface area contributed by atoms with E-state index in [1.54, 1.807) is 12.1 Å². The van der Waals surface area contributed by atoms with Crippen LogP contribution in [0.4, 0.5) is 0 Å². The molecule has 0 spiro atoms. The van der Waals surface area contributed by atoms with Crippen LogP contribution in [-0.4, -0.2) is 30.2 Å². The Morgan fingerprint density at radius 1 is 1.07 bits per heavy atom. The van der Waals surface area contributed by atoms with E-state index in [4.69, 9.17) is 9.47 Å². The molecule has 138 valence electrons. The van der Waals surface area contributed by atoms with Crippen LogP contribution in [0.1, 0.15) is 22.5 Å². The average molecular weight is 383 g/mol. The maximum Gasteiger partial charge on any atom is 0.333 e. The number of fused-ring (bicyclic) bond motifs is 1. The van der Waals surface area contributed by atoms with Gasteiger partial charge in [-0.3, -0.25) is 4.79 Å². The number of allylic oxidation sites excluding steroid dienone is 2. The van der Waals surface area contributed by atoms with Gasteiger partial charge in [0, 0.05) is 4.88 Å². The zero-order chi connectivity index (χ0) is 18.8. The first kappa shape index (κ1) is 17.4. The molecule has 2 N–H and O–H groups in total. The highest BCUT2D eigenvalue weighted by molar-refractivity contribution is 7.17. The molecule has 7 heteroatoms. The molecule has 1 aromatic carbocycles. The number of carboxylic acid groups (broad SMARTS) is 1. The number of thiophene rings is 1. The van der Waals surface area contributed by atoms with Gasteiger partial charge in [-0.05, 0) is 54.8 Å². The number of amides is 1. The fourth-order valence-corrected chi connectivity index (χ4v) is 3.90. The van der Waals surface area contributed by atoms with Crippen molar-refractivity contribution in [3.63, 3.8) is 0 Å². The van der Waals surface area contributed by atoms with E-state index in [1.165, 1.54) is 11.3 Å². The highest BCUT2D eigenvalue weighted by Gasteiger charge is 2.19. The summed E-state index contributed by atoms with van der Waals surface area (Å²) in [4.78, 5) is 25.3. The lowest BCUT2D eigenvalue weighted by atomic mass is 10.0. The van der Waals surface area contributed by atoms with E-state index in [9.17, 15) is 14.7 Å². The van der Waals surface area contributed by atoms with Crippen LogP contribution >= 0.6 is 11.3 Å². The molecule has 0 bridgehead atoms. The molecule has 27 heavy (non-hydrogen) atoms. The van der Waals surface area contributed by atoms with Crippen molar-refractivity contribution in [2.75, 3.05) is 13.2 Å². The van der Waals surface area contributed by atoms with Gasteiger partial charge in [-0.2, -0.15) is 0 Å². The molecule has 2 aliphatic rings. The number of hydrogen-bond donors (Lipinski definition) is 2. The summed E-state index contributed by atoms with van der Waals surface area (Å²) in [6, 6.07) is 9.29. The lowest BCUT2D eigenvalue weighted by molar-refractivity contribution is -0.132. The van der Waals surface area contributed by atoms with Gasteiger partial charge in [0.15, 0.2) is 11.5 Å². The van der Waals surface area contributed by atoms with Gasteiger partial charge in [0.1, 0.15) is 13.2 Å². The van der Waals surface area contributed by atoms with Gasteiger partial charge >= 0.3 is 5.97 Å². The highest BCUT2D eigenvalue weighted by Crippen LogP contribution is 2.37. The topological polar surface area (TPSA) is 84.9 Å². The third kappa shape index (κ3) is 3.59. The lowest BCUT2D eigenvalue weighted by Crippen LogP contribution is -2.25. The third-order valence-electron chi connectivity index (χ3n) is 4.33. The number of carboxylic acids is 1. The Morgan fingerprint density at radius 3 is 2.70 bits per heavy atom. The van der Waals surface area contributed by atoms with Crippen molar-refractivity contribution in [2.24, 2.45) is 0 Å². The van der Waals surface area contributed by atoms with Crippen molar-refractivity contribution >= 4 is 23.2 Å². The van der Waals surface area contributed by atoms with Crippen molar-refractivity contribution in [2.45, 2.75) is 12.8 Å². The summed E-state index contributed by atoms with van der Waals surface area (Å²) in [6.45, 7) is 1.06. The molecule has 1 aliphatic carbocycles. The second-order valence-electron chi connectivity index (χ2n) is 6.11.